The maximum absolute atomic E-state index is 12.0. The van der Waals surface area contributed by atoms with Gasteiger partial charge < -0.3 is 9.80 Å². The van der Waals surface area contributed by atoms with Crippen LogP contribution in [0.15, 0.2) is 30.3 Å². The van der Waals surface area contributed by atoms with Crippen LogP contribution in [0.2, 0.25) is 0 Å². The van der Waals surface area contributed by atoms with Gasteiger partial charge in [0.1, 0.15) is 0 Å². The first-order valence-corrected chi connectivity index (χ1v) is 9.14. The Bertz CT molecular complexity index is 625. The Labute approximate surface area is 136 Å². The van der Waals surface area contributed by atoms with Gasteiger partial charge in [0.05, 0.1) is 12.3 Å². The average molecular weight is 339 g/mol. The van der Waals surface area contributed by atoms with Gasteiger partial charge in [-0.05, 0) is 12.0 Å². The number of hydrogen-bond acceptors (Lipinski definition) is 4. The molecule has 0 aromatic heterocycles. The Kier molecular flexibility index (Phi) is 6.12. The van der Waals surface area contributed by atoms with Gasteiger partial charge in [0.15, 0.2) is 0 Å². The second-order valence-corrected chi connectivity index (χ2v) is 7.32. The number of nitrogens with zero attached hydrogens (tertiary/aromatic N) is 2. The molecule has 1 aliphatic rings. The van der Waals surface area contributed by atoms with Gasteiger partial charge in [0, 0.05) is 26.2 Å². The minimum atomic E-state index is -3.49. The number of aryl methyl sites for hydroxylation is 1. The Hall–Kier alpha value is -1.93. The topological polar surface area (TPSA) is 86.8 Å². The molecule has 1 fully saturated rings. The van der Waals surface area contributed by atoms with Crippen molar-refractivity contribution in [2.24, 2.45) is 0 Å². The quantitative estimate of drug-likeness (QED) is 0.675. The SMILES string of the molecule is O=CN1CCN(C(=O)CNS(=O)(=O)CCc2ccccc2)CC1. The van der Waals surface area contributed by atoms with E-state index in [1.807, 2.05) is 30.3 Å². The van der Waals surface area contributed by atoms with Gasteiger partial charge in [-0.1, -0.05) is 30.3 Å². The summed E-state index contributed by atoms with van der Waals surface area (Å²) < 4.78 is 26.3. The number of carbonyl (C=O) groups is 2. The van der Waals surface area contributed by atoms with Crippen LogP contribution in [0.1, 0.15) is 5.56 Å². The maximum atomic E-state index is 12.0. The van der Waals surface area contributed by atoms with Crippen molar-refractivity contribution in [3.8, 4) is 0 Å². The molecule has 1 saturated heterocycles. The molecular weight excluding hydrogens is 318 g/mol. The van der Waals surface area contributed by atoms with Crippen molar-refractivity contribution in [3.63, 3.8) is 0 Å². The molecule has 0 atom stereocenters. The van der Waals surface area contributed by atoms with Gasteiger partial charge in [-0.15, -0.1) is 0 Å². The zero-order valence-corrected chi connectivity index (χ0v) is 13.7. The smallest absolute Gasteiger partial charge is 0.237 e. The highest BCUT2D eigenvalue weighted by Gasteiger charge is 2.21. The summed E-state index contributed by atoms with van der Waals surface area (Å²) >= 11 is 0. The average Bonchev–Trinajstić information content (AvgIpc) is 2.59. The Balaban J connectivity index is 1.75. The maximum Gasteiger partial charge on any atom is 0.237 e. The van der Waals surface area contributed by atoms with Crippen LogP contribution < -0.4 is 4.72 Å². The fourth-order valence-electron chi connectivity index (χ4n) is 2.33. The molecule has 0 bridgehead atoms. The van der Waals surface area contributed by atoms with E-state index in [1.54, 1.807) is 9.80 Å². The third-order valence-electron chi connectivity index (χ3n) is 3.76. The third-order valence-corrected chi connectivity index (χ3v) is 5.09. The second kappa shape index (κ2) is 8.07. The van der Waals surface area contributed by atoms with Crippen LogP contribution in [0, 0.1) is 0 Å². The molecule has 1 aliphatic heterocycles. The van der Waals surface area contributed by atoms with Gasteiger partial charge in [-0.3, -0.25) is 9.59 Å². The summed E-state index contributed by atoms with van der Waals surface area (Å²) in [6.07, 6.45) is 1.16. The Morgan fingerprint density at radius 1 is 1.13 bits per heavy atom. The van der Waals surface area contributed by atoms with E-state index in [0.717, 1.165) is 12.0 Å². The Morgan fingerprint density at radius 3 is 2.39 bits per heavy atom. The molecule has 8 heteroatoms. The lowest BCUT2D eigenvalue weighted by Crippen LogP contribution is -2.50. The fraction of sp³-hybridized carbons (Fsp3) is 0.467. The highest BCUT2D eigenvalue weighted by molar-refractivity contribution is 7.89. The third kappa shape index (κ3) is 5.65. The lowest BCUT2D eigenvalue weighted by atomic mass is 10.2. The first-order valence-electron chi connectivity index (χ1n) is 7.48. The molecule has 2 amide bonds. The summed E-state index contributed by atoms with van der Waals surface area (Å²) in [5.41, 5.74) is 0.939. The number of carbonyl (C=O) groups excluding carboxylic acids is 2. The lowest BCUT2D eigenvalue weighted by Gasteiger charge is -2.32. The van der Waals surface area contributed by atoms with Crippen LogP contribution in [-0.2, 0) is 26.0 Å². The second-order valence-electron chi connectivity index (χ2n) is 5.40. The molecule has 1 N–H and O–H groups in total. The summed E-state index contributed by atoms with van der Waals surface area (Å²) in [5, 5.41) is 0. The minimum Gasteiger partial charge on any atom is -0.342 e. The van der Waals surface area contributed by atoms with Crippen molar-refractivity contribution in [2.45, 2.75) is 6.42 Å². The lowest BCUT2D eigenvalue weighted by molar-refractivity contribution is -0.134. The molecule has 0 saturated carbocycles. The van der Waals surface area contributed by atoms with E-state index in [1.165, 1.54) is 0 Å². The van der Waals surface area contributed by atoms with Gasteiger partial charge >= 0.3 is 0 Å². The van der Waals surface area contributed by atoms with Crippen LogP contribution >= 0.6 is 0 Å². The monoisotopic (exact) mass is 339 g/mol. The van der Waals surface area contributed by atoms with Crippen LogP contribution in [0.3, 0.4) is 0 Å². The van der Waals surface area contributed by atoms with Crippen molar-refractivity contribution in [1.82, 2.24) is 14.5 Å². The van der Waals surface area contributed by atoms with Gasteiger partial charge in [-0.25, -0.2) is 13.1 Å². The summed E-state index contributed by atoms with van der Waals surface area (Å²) in [5.74, 6) is -0.317. The molecule has 0 aliphatic carbocycles. The van der Waals surface area contributed by atoms with E-state index in [4.69, 9.17) is 0 Å². The molecule has 0 unspecified atom stereocenters. The van der Waals surface area contributed by atoms with E-state index in [2.05, 4.69) is 4.72 Å². The molecule has 1 heterocycles. The molecule has 7 nitrogen and oxygen atoms in total. The molecule has 0 spiro atoms. The molecule has 0 radical (unpaired) electrons. The van der Waals surface area contributed by atoms with Crippen LogP contribution in [0.25, 0.3) is 0 Å². The van der Waals surface area contributed by atoms with Gasteiger partial charge in [0.25, 0.3) is 0 Å². The van der Waals surface area contributed by atoms with Gasteiger partial charge in [0.2, 0.25) is 22.3 Å². The molecule has 126 valence electrons. The normalized spacial score (nSPS) is 15.5. The molecule has 23 heavy (non-hydrogen) atoms. The van der Waals surface area contributed by atoms with Crippen LogP contribution in [-0.4, -0.2) is 69.0 Å². The molecule has 1 aromatic rings. The summed E-state index contributed by atoms with van der Waals surface area (Å²) in [4.78, 5) is 25.8. The van der Waals surface area contributed by atoms with E-state index >= 15 is 0 Å². The number of amides is 2. The van der Waals surface area contributed by atoms with Crippen molar-refractivity contribution in [1.29, 1.82) is 0 Å². The highest BCUT2D eigenvalue weighted by atomic mass is 32.2. The zero-order chi connectivity index (χ0) is 16.7. The fourth-order valence-corrected chi connectivity index (χ4v) is 3.32. The van der Waals surface area contributed by atoms with Gasteiger partial charge in [-0.2, -0.15) is 0 Å². The van der Waals surface area contributed by atoms with Crippen molar-refractivity contribution in [2.75, 3.05) is 38.5 Å². The predicted molar refractivity (Wildman–Crippen MR) is 86.2 cm³/mol. The predicted octanol–water partition coefficient (Wildman–Crippen LogP) is -0.551. The summed E-state index contributed by atoms with van der Waals surface area (Å²) in [7, 11) is -3.49. The number of nitrogens with one attached hydrogen (secondary N) is 1. The minimum absolute atomic E-state index is 0.0524. The standard InChI is InChI=1S/C15H21N3O4S/c19-13-17-7-9-18(10-8-17)15(20)12-16-23(21,22)11-6-14-4-2-1-3-5-14/h1-5,13,16H,6-12H2. The van der Waals surface area contributed by atoms with E-state index in [0.29, 0.717) is 32.6 Å². The molecular formula is C15H21N3O4S. The van der Waals surface area contributed by atoms with Crippen molar-refractivity contribution >= 4 is 22.3 Å². The summed E-state index contributed by atoms with van der Waals surface area (Å²) in [6, 6.07) is 9.33. The zero-order valence-electron chi connectivity index (χ0n) is 12.8. The number of sulfonamides is 1. The van der Waals surface area contributed by atoms with E-state index in [-0.39, 0.29) is 18.2 Å². The summed E-state index contributed by atoms with van der Waals surface area (Å²) in [6.45, 7) is 1.59. The Morgan fingerprint density at radius 2 is 1.78 bits per heavy atom. The number of benzene rings is 1. The van der Waals surface area contributed by atoms with Crippen LogP contribution in [0.4, 0.5) is 0 Å². The van der Waals surface area contributed by atoms with E-state index < -0.39 is 10.0 Å². The number of rotatable bonds is 7. The molecule has 2 rings (SSSR count). The van der Waals surface area contributed by atoms with Crippen molar-refractivity contribution in [3.05, 3.63) is 35.9 Å². The number of hydrogen-bond donors (Lipinski definition) is 1. The first kappa shape index (κ1) is 17.4. The largest absolute Gasteiger partial charge is 0.342 e. The van der Waals surface area contributed by atoms with Crippen molar-refractivity contribution < 1.29 is 18.0 Å². The van der Waals surface area contributed by atoms with E-state index in [9.17, 15) is 18.0 Å². The molecule has 1 aromatic carbocycles. The first-order chi connectivity index (χ1) is 11.0. The highest BCUT2D eigenvalue weighted by Crippen LogP contribution is 2.02. The number of piperazine rings is 1. The van der Waals surface area contributed by atoms with Crippen LogP contribution in [0.5, 0.6) is 0 Å².